The van der Waals surface area contributed by atoms with Crippen LogP contribution in [0, 0.1) is 40.7 Å². The summed E-state index contributed by atoms with van der Waals surface area (Å²) < 4.78 is 27.6. The molecule has 0 bridgehead atoms. The van der Waals surface area contributed by atoms with E-state index >= 15 is 0 Å². The van der Waals surface area contributed by atoms with Crippen LogP contribution >= 0.6 is 11.6 Å². The number of carbonyl (C=O) groups excluding carboxylic acids is 1. The number of nitrogens with zero attached hydrogens (tertiary/aromatic N) is 6. The molecule has 2 aromatic heterocycles. The van der Waals surface area contributed by atoms with Gasteiger partial charge < -0.3 is 14.9 Å². The lowest BCUT2D eigenvalue weighted by molar-refractivity contribution is -0.152. The molecule has 2 aliphatic heterocycles. The van der Waals surface area contributed by atoms with Gasteiger partial charge in [-0.05, 0) is 42.0 Å². The van der Waals surface area contributed by atoms with Crippen molar-refractivity contribution in [2.45, 2.75) is 25.4 Å². The molecule has 0 saturated carbocycles. The number of hydrogen-bond donors (Lipinski definition) is 1. The second-order valence-electron chi connectivity index (χ2n) is 10.4. The van der Waals surface area contributed by atoms with Crippen LogP contribution in [0.1, 0.15) is 36.7 Å². The highest BCUT2D eigenvalue weighted by Gasteiger charge is 2.49. The van der Waals surface area contributed by atoms with E-state index in [-0.39, 0.29) is 30.6 Å². The van der Waals surface area contributed by atoms with Crippen LogP contribution in [0.5, 0.6) is 0 Å². The number of hydrogen-bond acceptors (Lipinski definition) is 7. The largest absolute Gasteiger partial charge is 0.384 e. The lowest BCUT2D eigenvalue weighted by Gasteiger charge is -2.48. The number of amides is 1. The summed E-state index contributed by atoms with van der Waals surface area (Å²) in [6.07, 6.45) is 1.55. The molecule has 8 nitrogen and oxygen atoms in total. The van der Waals surface area contributed by atoms with Gasteiger partial charge in [-0.15, -0.1) is 10.2 Å². The highest BCUT2D eigenvalue weighted by molar-refractivity contribution is 6.30. The molecule has 0 unspecified atom stereocenters. The van der Waals surface area contributed by atoms with Crippen LogP contribution in [-0.4, -0.2) is 57.3 Å². The number of pyridine rings is 1. The lowest BCUT2D eigenvalue weighted by Crippen LogP contribution is -2.57. The van der Waals surface area contributed by atoms with E-state index in [1.165, 1.54) is 6.07 Å². The van der Waals surface area contributed by atoms with Crippen molar-refractivity contribution in [1.29, 1.82) is 5.26 Å². The molecule has 2 fully saturated rings. The number of aliphatic hydroxyl groups is 1. The van der Waals surface area contributed by atoms with Crippen molar-refractivity contribution in [2.24, 2.45) is 17.8 Å². The van der Waals surface area contributed by atoms with Crippen LogP contribution in [0.4, 0.5) is 14.6 Å². The van der Waals surface area contributed by atoms with Crippen molar-refractivity contribution in [1.82, 2.24) is 20.1 Å². The van der Waals surface area contributed by atoms with E-state index in [9.17, 15) is 18.7 Å². The third-order valence-corrected chi connectivity index (χ3v) is 8.26. The minimum absolute atomic E-state index is 0.0908. The maximum atomic E-state index is 14.0. The summed E-state index contributed by atoms with van der Waals surface area (Å²) in [6, 6.07) is 12.2. The smallest absolute Gasteiger partial charge is 0.228 e. The maximum absolute atomic E-state index is 14.0. The molecule has 0 spiro atoms. The van der Waals surface area contributed by atoms with Gasteiger partial charge in [-0.1, -0.05) is 31.5 Å². The molecule has 0 radical (unpaired) electrons. The summed E-state index contributed by atoms with van der Waals surface area (Å²) in [5, 5.41) is 29.3. The van der Waals surface area contributed by atoms with Gasteiger partial charge in [0.05, 0.1) is 16.5 Å². The molecule has 5 atom stereocenters. The van der Waals surface area contributed by atoms with Gasteiger partial charge in [-0.25, -0.2) is 8.78 Å². The third kappa shape index (κ3) is 4.92. The number of piperidine rings is 1. The van der Waals surface area contributed by atoms with Gasteiger partial charge >= 0.3 is 0 Å². The Morgan fingerprint density at radius 2 is 1.79 bits per heavy atom. The molecular formula is C28H27ClF2N6O2. The number of halogens is 3. The molecule has 39 heavy (non-hydrogen) atoms. The maximum Gasteiger partial charge on any atom is 0.228 e. The average Bonchev–Trinajstić information content (AvgIpc) is 3.38. The van der Waals surface area contributed by atoms with E-state index in [1.807, 2.05) is 30.9 Å². The molecule has 0 aliphatic carbocycles. The Morgan fingerprint density at radius 1 is 1.05 bits per heavy atom. The Morgan fingerprint density at radius 3 is 2.38 bits per heavy atom. The molecule has 1 N–H and O–H groups in total. The van der Waals surface area contributed by atoms with Crippen molar-refractivity contribution < 1.29 is 18.7 Å². The van der Waals surface area contributed by atoms with Crippen molar-refractivity contribution >= 4 is 23.3 Å². The van der Waals surface area contributed by atoms with Gasteiger partial charge in [0.1, 0.15) is 6.07 Å². The number of nitriles is 1. The Balaban J connectivity index is 1.41. The van der Waals surface area contributed by atoms with Gasteiger partial charge in [0.2, 0.25) is 5.91 Å². The minimum atomic E-state index is -1.43. The molecule has 11 heteroatoms. The Labute approximate surface area is 229 Å². The van der Waals surface area contributed by atoms with E-state index in [4.69, 9.17) is 16.9 Å². The van der Waals surface area contributed by atoms with Crippen LogP contribution in [0.15, 0.2) is 48.7 Å². The molecule has 202 valence electrons. The van der Waals surface area contributed by atoms with E-state index < -0.39 is 35.0 Å². The van der Waals surface area contributed by atoms with E-state index in [0.29, 0.717) is 29.5 Å². The zero-order chi connectivity index (χ0) is 27.9. The van der Waals surface area contributed by atoms with Gasteiger partial charge in [0, 0.05) is 55.8 Å². The average molecular weight is 553 g/mol. The highest BCUT2D eigenvalue weighted by atomic mass is 35.5. The van der Waals surface area contributed by atoms with E-state index in [0.717, 1.165) is 17.8 Å². The number of rotatable bonds is 4. The summed E-state index contributed by atoms with van der Waals surface area (Å²) in [4.78, 5) is 22.2. The normalized spacial score (nSPS) is 26.9. The van der Waals surface area contributed by atoms with Crippen molar-refractivity contribution in [2.75, 3.05) is 31.1 Å². The van der Waals surface area contributed by atoms with E-state index in [1.54, 1.807) is 29.3 Å². The first kappa shape index (κ1) is 26.9. The lowest BCUT2D eigenvalue weighted by atomic mass is 9.70. The Bertz CT molecular complexity index is 1400. The Hall–Kier alpha value is -3.68. The zero-order valence-corrected chi connectivity index (χ0v) is 22.2. The SMILES string of the molecule is C[C@@H]1CN(C(=O)[C@@H]2CN(c3ccc(C#N)nn3)C[C@H]2c2ccc(Cl)cn2)C[C@H](C)[C@]1(O)c1ccc(F)c(F)c1. The first-order chi connectivity index (χ1) is 18.6. The second kappa shape index (κ2) is 10.5. The zero-order valence-electron chi connectivity index (χ0n) is 21.4. The summed E-state index contributed by atoms with van der Waals surface area (Å²) >= 11 is 6.06. The first-order valence-electron chi connectivity index (χ1n) is 12.7. The van der Waals surface area contributed by atoms with Crippen LogP contribution < -0.4 is 4.90 Å². The molecule has 4 heterocycles. The van der Waals surface area contributed by atoms with Crippen LogP contribution in [0.2, 0.25) is 5.02 Å². The molecule has 2 aliphatic rings. The topological polar surface area (TPSA) is 106 Å². The van der Waals surface area contributed by atoms with Crippen LogP contribution in [0.25, 0.3) is 0 Å². The highest BCUT2D eigenvalue weighted by Crippen LogP contribution is 2.43. The molecular weight excluding hydrogens is 526 g/mol. The minimum Gasteiger partial charge on any atom is -0.384 e. The van der Waals surface area contributed by atoms with Gasteiger partial charge in [0.15, 0.2) is 23.1 Å². The summed E-state index contributed by atoms with van der Waals surface area (Å²) in [7, 11) is 0. The van der Waals surface area contributed by atoms with Crippen molar-refractivity contribution in [3.63, 3.8) is 0 Å². The number of anilines is 1. The van der Waals surface area contributed by atoms with Crippen molar-refractivity contribution in [3.05, 3.63) is 82.3 Å². The Kier molecular flexibility index (Phi) is 7.23. The first-order valence-corrected chi connectivity index (χ1v) is 13.1. The van der Waals surface area contributed by atoms with Gasteiger partial charge in [0.25, 0.3) is 0 Å². The molecule has 2 saturated heterocycles. The predicted octanol–water partition coefficient (Wildman–Crippen LogP) is 3.90. The van der Waals surface area contributed by atoms with Gasteiger partial charge in [-0.3, -0.25) is 9.78 Å². The number of carbonyl (C=O) groups is 1. The van der Waals surface area contributed by atoms with Gasteiger partial charge in [-0.2, -0.15) is 5.26 Å². The summed E-state index contributed by atoms with van der Waals surface area (Å²) in [6.45, 7) is 4.93. The predicted molar refractivity (Wildman–Crippen MR) is 140 cm³/mol. The second-order valence-corrected chi connectivity index (χ2v) is 10.8. The third-order valence-electron chi connectivity index (χ3n) is 8.04. The molecule has 1 aromatic carbocycles. The fourth-order valence-electron chi connectivity index (χ4n) is 5.93. The monoisotopic (exact) mass is 552 g/mol. The van der Waals surface area contributed by atoms with E-state index in [2.05, 4.69) is 15.2 Å². The number of likely N-dealkylation sites (tertiary alicyclic amines) is 1. The van der Waals surface area contributed by atoms with Crippen molar-refractivity contribution in [3.8, 4) is 6.07 Å². The number of benzene rings is 1. The summed E-state index contributed by atoms with van der Waals surface area (Å²) in [5.74, 6) is -3.14. The van der Waals surface area contributed by atoms with Crippen LogP contribution in [-0.2, 0) is 10.4 Å². The molecule has 1 amide bonds. The number of aromatic nitrogens is 3. The standard InChI is InChI=1S/C28H27ClF2N6O2/c1-16-12-37(13-17(2)28(16,39)18-3-6-23(30)24(31)9-18)27(38)22-15-36(26-8-5-20(10-32)34-35-26)14-21(22)25-7-4-19(29)11-33-25/h3-9,11,16-17,21-22,39H,12-15H2,1-2H3/t16-,17+,21-,22-,28+/m1/s1. The fourth-order valence-corrected chi connectivity index (χ4v) is 6.04. The molecule has 5 rings (SSSR count). The van der Waals surface area contributed by atoms with Crippen LogP contribution in [0.3, 0.4) is 0 Å². The fraction of sp³-hybridized carbons (Fsp3) is 0.393. The molecule has 3 aromatic rings. The quantitative estimate of drug-likeness (QED) is 0.523. The summed E-state index contributed by atoms with van der Waals surface area (Å²) in [5.41, 5.74) is -0.213.